The smallest absolute Gasteiger partial charge is 0.338 e. The highest BCUT2D eigenvalue weighted by Gasteiger charge is 2.41. The predicted octanol–water partition coefficient (Wildman–Crippen LogP) is 6.29. The zero-order valence-electron chi connectivity index (χ0n) is 26.5. The minimum atomic E-state index is -0.843. The van der Waals surface area contributed by atoms with E-state index in [4.69, 9.17) is 27.9 Å². The first kappa shape index (κ1) is 32.5. The Kier molecular flexibility index (Phi) is 9.14. The summed E-state index contributed by atoms with van der Waals surface area (Å²) in [6, 6.07) is 18.8. The van der Waals surface area contributed by atoms with Crippen molar-refractivity contribution >= 4 is 46.5 Å². The minimum Gasteiger partial charge on any atom is -0.466 e. The van der Waals surface area contributed by atoms with Crippen LogP contribution in [-0.4, -0.2) is 83.4 Å². The molecule has 0 saturated carbocycles. The van der Waals surface area contributed by atoms with Crippen molar-refractivity contribution in [2.24, 2.45) is 4.99 Å². The third-order valence-corrected chi connectivity index (χ3v) is 10.1. The fourth-order valence-electron chi connectivity index (χ4n) is 6.56. The van der Waals surface area contributed by atoms with Gasteiger partial charge in [0.1, 0.15) is 11.9 Å². The van der Waals surface area contributed by atoms with E-state index in [0.717, 1.165) is 16.7 Å². The zero-order chi connectivity index (χ0) is 34.1. The van der Waals surface area contributed by atoms with E-state index in [1.807, 2.05) is 63.7 Å². The van der Waals surface area contributed by atoms with Crippen LogP contribution in [0.25, 0.3) is 16.0 Å². The van der Waals surface area contributed by atoms with Crippen LogP contribution in [0, 0.1) is 12.4 Å². The summed E-state index contributed by atoms with van der Waals surface area (Å²) < 4.78 is 19.2. The van der Waals surface area contributed by atoms with Crippen LogP contribution < -0.4 is 5.32 Å². The van der Waals surface area contributed by atoms with Crippen LogP contribution in [-0.2, 0) is 16.1 Å². The highest BCUT2D eigenvalue weighted by atomic mass is 35.5. The number of nitrogens with one attached hydrogen (secondary N) is 1. The molecule has 2 fully saturated rings. The van der Waals surface area contributed by atoms with Gasteiger partial charge in [-0.2, -0.15) is 0 Å². The van der Waals surface area contributed by atoms with Crippen molar-refractivity contribution in [3.8, 4) is 11.1 Å². The number of amidine groups is 1. The van der Waals surface area contributed by atoms with Crippen LogP contribution in [0.1, 0.15) is 22.2 Å². The number of methoxy groups -OCH3 is 1. The monoisotopic (exact) mass is 695 g/mol. The van der Waals surface area contributed by atoms with Crippen LogP contribution in [0.5, 0.6) is 0 Å². The third-order valence-electron chi connectivity index (χ3n) is 8.98. The van der Waals surface area contributed by atoms with Gasteiger partial charge < -0.3 is 19.9 Å². The van der Waals surface area contributed by atoms with E-state index in [1.165, 1.54) is 36.6 Å². The number of benzene rings is 3. The largest absolute Gasteiger partial charge is 0.466 e. The molecule has 2 saturated heterocycles. The molecule has 0 aliphatic carbocycles. The standard InChI is InChI=1S/C36H31ClFN7O3S/c1-39-26-10-7-24(8-11-26)23-5-3-22(4-6-23)18-44-20-27-19-43(14-15-45(27)36(44)47)21-30-31(35(46)48-2)32(28-12-9-25(38)17-29(28)37)42-33(41-30)34-40-13-16-49-34/h3-13,16-17,27,32H,14-15,18-21H2,2H3,(H,41,42)/t27-,32-/m0/s1. The number of rotatable bonds is 8. The average Bonchev–Trinajstić information content (AvgIpc) is 3.76. The molecule has 13 heteroatoms. The molecule has 0 bridgehead atoms. The molecule has 2 amide bonds. The van der Waals surface area contributed by atoms with Crippen LogP contribution in [0.2, 0.25) is 5.02 Å². The molecule has 1 N–H and O–H groups in total. The Morgan fingerprint density at radius 1 is 1.08 bits per heavy atom. The summed E-state index contributed by atoms with van der Waals surface area (Å²) in [5, 5.41) is 5.97. The van der Waals surface area contributed by atoms with Crippen molar-refractivity contribution in [1.29, 1.82) is 0 Å². The van der Waals surface area contributed by atoms with E-state index in [9.17, 15) is 14.0 Å². The maximum atomic E-state index is 14.0. The van der Waals surface area contributed by atoms with E-state index >= 15 is 0 Å². The number of aliphatic imine (C=N–C) groups is 1. The second-order valence-corrected chi connectivity index (χ2v) is 13.3. The molecule has 3 aliphatic heterocycles. The van der Waals surface area contributed by atoms with Crippen LogP contribution >= 0.6 is 22.9 Å². The maximum absolute atomic E-state index is 14.0. The molecule has 3 aliphatic rings. The van der Waals surface area contributed by atoms with Gasteiger partial charge in [0.25, 0.3) is 0 Å². The number of amides is 2. The number of hydrogen-bond donors (Lipinski definition) is 1. The number of urea groups is 1. The fraction of sp³-hybridized carbons (Fsp3) is 0.250. The van der Waals surface area contributed by atoms with E-state index in [-0.39, 0.29) is 22.7 Å². The van der Waals surface area contributed by atoms with E-state index in [0.29, 0.717) is 67.1 Å². The molecule has 248 valence electrons. The normalized spacial score (nSPS) is 19.3. The molecule has 10 nitrogen and oxygen atoms in total. The van der Waals surface area contributed by atoms with Gasteiger partial charge in [0, 0.05) is 67.1 Å². The molecule has 2 atom stereocenters. The van der Waals surface area contributed by atoms with Crippen LogP contribution in [0.4, 0.5) is 14.9 Å². The molecule has 3 aromatic carbocycles. The highest BCUT2D eigenvalue weighted by Crippen LogP contribution is 2.37. The van der Waals surface area contributed by atoms with Gasteiger partial charge in [0.05, 0.1) is 25.3 Å². The summed E-state index contributed by atoms with van der Waals surface area (Å²) in [7, 11) is 1.31. The summed E-state index contributed by atoms with van der Waals surface area (Å²) in [5.41, 5.74) is 5.07. The van der Waals surface area contributed by atoms with E-state index < -0.39 is 17.8 Å². The second-order valence-electron chi connectivity index (χ2n) is 12.0. The van der Waals surface area contributed by atoms with Crippen LogP contribution in [0.15, 0.2) is 94.6 Å². The molecule has 4 heterocycles. The first-order valence-corrected chi connectivity index (χ1v) is 16.9. The maximum Gasteiger partial charge on any atom is 0.338 e. The predicted molar refractivity (Wildman–Crippen MR) is 186 cm³/mol. The Hall–Kier alpha value is -5.09. The average molecular weight is 696 g/mol. The van der Waals surface area contributed by atoms with Gasteiger partial charge in [0.2, 0.25) is 0 Å². The molecule has 0 radical (unpaired) electrons. The fourth-order valence-corrected chi connectivity index (χ4v) is 7.42. The topological polar surface area (TPSA) is 94.7 Å². The number of carbonyl (C=O) groups is 2. The first-order valence-electron chi connectivity index (χ1n) is 15.7. The minimum absolute atomic E-state index is 0.0120. The summed E-state index contributed by atoms with van der Waals surface area (Å²) in [6.07, 6.45) is 1.68. The number of carbonyl (C=O) groups excluding carboxylic acids is 2. The number of thiazole rings is 1. The summed E-state index contributed by atoms with van der Waals surface area (Å²) in [5.74, 6) is -0.577. The van der Waals surface area contributed by atoms with Crippen molar-refractivity contribution in [2.45, 2.75) is 18.6 Å². The van der Waals surface area contributed by atoms with E-state index in [1.54, 1.807) is 6.20 Å². The Morgan fingerprint density at radius 2 is 1.84 bits per heavy atom. The Labute approximate surface area is 291 Å². The lowest BCUT2D eigenvalue weighted by atomic mass is 9.95. The first-order chi connectivity index (χ1) is 23.8. The molecular weight excluding hydrogens is 665 g/mol. The van der Waals surface area contributed by atoms with Crippen molar-refractivity contribution in [2.75, 3.05) is 39.8 Å². The molecule has 0 spiro atoms. The lowest BCUT2D eigenvalue weighted by Crippen LogP contribution is -2.53. The Balaban J connectivity index is 1.08. The third kappa shape index (κ3) is 6.65. The van der Waals surface area contributed by atoms with Gasteiger partial charge in [0.15, 0.2) is 16.5 Å². The second kappa shape index (κ2) is 13.8. The summed E-state index contributed by atoms with van der Waals surface area (Å²) >= 11 is 7.90. The molecular formula is C36H31ClFN7O3S. The lowest BCUT2D eigenvalue weighted by Gasteiger charge is -2.38. The van der Waals surface area contributed by atoms with Crippen molar-refractivity contribution in [3.63, 3.8) is 0 Å². The lowest BCUT2D eigenvalue weighted by molar-refractivity contribution is -0.136. The van der Waals surface area contributed by atoms with Gasteiger partial charge in [-0.05, 0) is 28.8 Å². The molecule has 0 unspecified atom stereocenters. The van der Waals surface area contributed by atoms with Crippen molar-refractivity contribution < 1.29 is 18.7 Å². The quantitative estimate of drug-likeness (QED) is 0.172. The SMILES string of the molecule is [C-]#[N+]c1ccc(-c2ccc(CN3C[C@@H]4CN(CC5=C(C(=O)OC)[C@H](c6ccc(F)cc6Cl)N=C(c6nccs6)N5)CCN4C3=O)cc2)cc1. The number of hydrogen-bond acceptors (Lipinski definition) is 8. The zero-order valence-corrected chi connectivity index (χ0v) is 28.0. The Bertz CT molecular complexity index is 1990. The molecule has 49 heavy (non-hydrogen) atoms. The number of esters is 1. The highest BCUT2D eigenvalue weighted by molar-refractivity contribution is 7.11. The molecule has 7 rings (SSSR count). The molecule has 4 aromatic rings. The van der Waals surface area contributed by atoms with Gasteiger partial charge in [-0.25, -0.2) is 23.8 Å². The van der Waals surface area contributed by atoms with Crippen molar-refractivity contribution in [1.82, 2.24) is 25.0 Å². The van der Waals surface area contributed by atoms with Gasteiger partial charge in [-0.15, -0.1) is 11.3 Å². The summed E-state index contributed by atoms with van der Waals surface area (Å²) in [6.45, 7) is 10.3. The van der Waals surface area contributed by atoms with Crippen LogP contribution in [0.3, 0.4) is 0 Å². The van der Waals surface area contributed by atoms with Crippen molar-refractivity contribution in [3.05, 3.63) is 128 Å². The number of piperazine rings is 1. The van der Waals surface area contributed by atoms with Gasteiger partial charge in [-0.3, -0.25) is 9.89 Å². The number of halogens is 2. The number of ether oxygens (including phenoxy) is 1. The number of aromatic nitrogens is 1. The Morgan fingerprint density at radius 3 is 2.51 bits per heavy atom. The van der Waals surface area contributed by atoms with Gasteiger partial charge >= 0.3 is 12.0 Å². The van der Waals surface area contributed by atoms with E-state index in [2.05, 4.69) is 20.0 Å². The number of nitrogens with zero attached hydrogens (tertiary/aromatic N) is 6. The van der Waals surface area contributed by atoms with Gasteiger partial charge in [-0.1, -0.05) is 66.2 Å². The number of fused-ring (bicyclic) bond motifs is 1. The summed E-state index contributed by atoms with van der Waals surface area (Å²) in [4.78, 5) is 45.5. The molecule has 1 aromatic heterocycles.